The van der Waals surface area contributed by atoms with Crippen LogP contribution in [0, 0.1) is 6.92 Å². The highest BCUT2D eigenvalue weighted by molar-refractivity contribution is 6.00. The summed E-state index contributed by atoms with van der Waals surface area (Å²) in [4.78, 5) is 14.3. The third-order valence-electron chi connectivity index (χ3n) is 3.34. The minimum atomic E-state index is -0.321. The van der Waals surface area contributed by atoms with Crippen LogP contribution in [0.3, 0.4) is 0 Å². The van der Waals surface area contributed by atoms with Gasteiger partial charge in [0.2, 0.25) is 0 Å². The lowest BCUT2D eigenvalue weighted by Crippen LogP contribution is -2.50. The van der Waals surface area contributed by atoms with Gasteiger partial charge in [-0.05, 0) is 25.5 Å². The lowest BCUT2D eigenvalue weighted by atomic mass is 10.0. The summed E-state index contributed by atoms with van der Waals surface area (Å²) >= 11 is 0. The molecule has 2 unspecified atom stereocenters. The molecule has 1 amide bonds. The smallest absolute Gasteiger partial charge is 0.256 e. The molecule has 104 valence electrons. The van der Waals surface area contributed by atoms with Crippen molar-refractivity contribution in [2.75, 3.05) is 25.4 Å². The summed E-state index contributed by atoms with van der Waals surface area (Å²) < 4.78 is 5.54. The SMILES string of the molecule is Cc1cccc(N)c1C(=O)N1CC(C)OC(CO)C1. The number of morpholine rings is 1. The minimum absolute atomic E-state index is 0.0832. The summed E-state index contributed by atoms with van der Waals surface area (Å²) in [6, 6.07) is 5.44. The van der Waals surface area contributed by atoms with Crippen molar-refractivity contribution >= 4 is 11.6 Å². The van der Waals surface area contributed by atoms with E-state index in [4.69, 9.17) is 10.5 Å². The van der Waals surface area contributed by atoms with Gasteiger partial charge in [-0.2, -0.15) is 0 Å². The van der Waals surface area contributed by atoms with E-state index < -0.39 is 0 Å². The molecule has 2 rings (SSSR count). The fourth-order valence-electron chi connectivity index (χ4n) is 2.45. The fraction of sp³-hybridized carbons (Fsp3) is 0.500. The average Bonchev–Trinajstić information content (AvgIpc) is 2.37. The maximum atomic E-state index is 12.6. The van der Waals surface area contributed by atoms with Crippen molar-refractivity contribution in [1.29, 1.82) is 0 Å². The number of aliphatic hydroxyl groups excluding tert-OH is 1. The van der Waals surface area contributed by atoms with E-state index in [0.29, 0.717) is 24.3 Å². The summed E-state index contributed by atoms with van der Waals surface area (Å²) in [6.07, 6.45) is -0.405. The number of carbonyl (C=O) groups excluding carboxylic acids is 1. The quantitative estimate of drug-likeness (QED) is 0.775. The Balaban J connectivity index is 2.24. The zero-order chi connectivity index (χ0) is 14.0. The molecule has 2 atom stereocenters. The van der Waals surface area contributed by atoms with Gasteiger partial charge in [0.05, 0.1) is 24.4 Å². The Morgan fingerprint density at radius 1 is 1.53 bits per heavy atom. The van der Waals surface area contributed by atoms with Crippen LogP contribution in [0.1, 0.15) is 22.8 Å². The van der Waals surface area contributed by atoms with Crippen LogP contribution in [0.5, 0.6) is 0 Å². The van der Waals surface area contributed by atoms with Gasteiger partial charge in [0.15, 0.2) is 0 Å². The van der Waals surface area contributed by atoms with E-state index >= 15 is 0 Å². The zero-order valence-electron chi connectivity index (χ0n) is 11.3. The van der Waals surface area contributed by atoms with Gasteiger partial charge in [-0.1, -0.05) is 12.1 Å². The van der Waals surface area contributed by atoms with Crippen molar-refractivity contribution in [2.45, 2.75) is 26.1 Å². The topological polar surface area (TPSA) is 75.8 Å². The molecule has 0 aromatic heterocycles. The van der Waals surface area contributed by atoms with Gasteiger partial charge < -0.3 is 20.5 Å². The largest absolute Gasteiger partial charge is 0.398 e. The first-order chi connectivity index (χ1) is 9.02. The first-order valence-corrected chi connectivity index (χ1v) is 6.43. The highest BCUT2D eigenvalue weighted by atomic mass is 16.5. The molecular formula is C14H20N2O3. The van der Waals surface area contributed by atoms with E-state index in [9.17, 15) is 9.90 Å². The number of aliphatic hydroxyl groups is 1. The second-order valence-electron chi connectivity index (χ2n) is 5.00. The third kappa shape index (κ3) is 2.88. The number of amides is 1. The number of nitrogens with zero attached hydrogens (tertiary/aromatic N) is 1. The van der Waals surface area contributed by atoms with Crippen molar-refractivity contribution in [1.82, 2.24) is 4.90 Å². The highest BCUT2D eigenvalue weighted by Gasteiger charge is 2.29. The molecular weight excluding hydrogens is 244 g/mol. The van der Waals surface area contributed by atoms with Gasteiger partial charge in [0.25, 0.3) is 5.91 Å². The van der Waals surface area contributed by atoms with Crippen molar-refractivity contribution < 1.29 is 14.6 Å². The molecule has 0 aliphatic carbocycles. The van der Waals surface area contributed by atoms with Gasteiger partial charge >= 0.3 is 0 Å². The maximum absolute atomic E-state index is 12.6. The lowest BCUT2D eigenvalue weighted by Gasteiger charge is -2.36. The summed E-state index contributed by atoms with van der Waals surface area (Å²) in [5, 5.41) is 9.20. The van der Waals surface area contributed by atoms with Crippen LogP contribution in [-0.2, 0) is 4.74 Å². The third-order valence-corrected chi connectivity index (χ3v) is 3.34. The summed E-state index contributed by atoms with van der Waals surface area (Å²) in [6.45, 7) is 4.59. The predicted molar refractivity (Wildman–Crippen MR) is 72.9 cm³/mol. The molecule has 1 aromatic rings. The molecule has 1 saturated heterocycles. The van der Waals surface area contributed by atoms with Gasteiger partial charge in [0.1, 0.15) is 0 Å². The van der Waals surface area contributed by atoms with Crippen molar-refractivity contribution in [3.8, 4) is 0 Å². The van der Waals surface area contributed by atoms with Crippen LogP contribution in [0.15, 0.2) is 18.2 Å². The molecule has 1 aromatic carbocycles. The van der Waals surface area contributed by atoms with Crippen molar-refractivity contribution in [3.63, 3.8) is 0 Å². The highest BCUT2D eigenvalue weighted by Crippen LogP contribution is 2.21. The maximum Gasteiger partial charge on any atom is 0.256 e. The molecule has 1 aliphatic rings. The van der Waals surface area contributed by atoms with Gasteiger partial charge in [-0.15, -0.1) is 0 Å². The number of nitrogens with two attached hydrogens (primary N) is 1. The normalized spacial score (nSPS) is 23.4. The monoisotopic (exact) mass is 264 g/mol. The Labute approximate surface area is 113 Å². The molecule has 0 spiro atoms. The van der Waals surface area contributed by atoms with Crippen LogP contribution >= 0.6 is 0 Å². The standard InChI is InChI=1S/C14H20N2O3/c1-9-4-3-5-12(15)13(9)14(18)16-6-10(2)19-11(7-16)8-17/h3-5,10-11,17H,6-8,15H2,1-2H3. The van der Waals surface area contributed by atoms with Gasteiger partial charge in [-0.25, -0.2) is 0 Å². The molecule has 5 nitrogen and oxygen atoms in total. The Bertz CT molecular complexity index is 456. The number of ether oxygens (including phenoxy) is 1. The summed E-state index contributed by atoms with van der Waals surface area (Å²) in [5.74, 6) is -0.0933. The number of rotatable bonds is 2. The first-order valence-electron chi connectivity index (χ1n) is 6.43. The Kier molecular flexibility index (Phi) is 4.07. The van der Waals surface area contributed by atoms with Gasteiger partial charge in [0, 0.05) is 18.8 Å². The van der Waals surface area contributed by atoms with Crippen LogP contribution in [-0.4, -0.2) is 47.8 Å². The molecule has 19 heavy (non-hydrogen) atoms. The van der Waals surface area contributed by atoms with E-state index in [2.05, 4.69) is 0 Å². The number of hydrogen-bond acceptors (Lipinski definition) is 4. The summed E-state index contributed by atoms with van der Waals surface area (Å²) in [7, 11) is 0. The fourth-order valence-corrected chi connectivity index (χ4v) is 2.45. The summed E-state index contributed by atoms with van der Waals surface area (Å²) in [5.41, 5.74) is 7.81. The molecule has 5 heteroatoms. The second-order valence-corrected chi connectivity index (χ2v) is 5.00. The second kappa shape index (κ2) is 5.59. The molecule has 1 aliphatic heterocycles. The molecule has 1 heterocycles. The van der Waals surface area contributed by atoms with Crippen LogP contribution in [0.25, 0.3) is 0 Å². The van der Waals surface area contributed by atoms with Crippen molar-refractivity contribution in [3.05, 3.63) is 29.3 Å². The Morgan fingerprint density at radius 3 is 2.89 bits per heavy atom. The van der Waals surface area contributed by atoms with Crippen LogP contribution < -0.4 is 5.73 Å². The lowest BCUT2D eigenvalue weighted by molar-refractivity contribution is -0.0858. The predicted octanol–water partition coefficient (Wildman–Crippen LogP) is 0.799. The zero-order valence-corrected chi connectivity index (χ0v) is 11.3. The number of benzene rings is 1. The molecule has 1 fully saturated rings. The van der Waals surface area contributed by atoms with E-state index in [-0.39, 0.29) is 24.7 Å². The van der Waals surface area contributed by atoms with E-state index in [0.717, 1.165) is 5.56 Å². The van der Waals surface area contributed by atoms with Crippen LogP contribution in [0.2, 0.25) is 0 Å². The molecule has 3 N–H and O–H groups in total. The van der Waals surface area contributed by atoms with E-state index in [1.807, 2.05) is 26.0 Å². The average molecular weight is 264 g/mol. The minimum Gasteiger partial charge on any atom is -0.398 e. The molecule has 0 bridgehead atoms. The number of hydrogen-bond donors (Lipinski definition) is 2. The molecule has 0 radical (unpaired) electrons. The van der Waals surface area contributed by atoms with Gasteiger partial charge in [-0.3, -0.25) is 4.79 Å². The number of carbonyl (C=O) groups is 1. The number of nitrogen functional groups attached to an aromatic ring is 1. The number of aryl methyl sites for hydroxylation is 1. The Hall–Kier alpha value is -1.59. The number of anilines is 1. The van der Waals surface area contributed by atoms with E-state index in [1.165, 1.54) is 0 Å². The van der Waals surface area contributed by atoms with Crippen LogP contribution in [0.4, 0.5) is 5.69 Å². The molecule has 0 saturated carbocycles. The van der Waals surface area contributed by atoms with Crippen molar-refractivity contribution in [2.24, 2.45) is 0 Å². The first kappa shape index (κ1) is 13.8. The van der Waals surface area contributed by atoms with E-state index in [1.54, 1.807) is 11.0 Å². The Morgan fingerprint density at radius 2 is 2.26 bits per heavy atom.